The van der Waals surface area contributed by atoms with Crippen molar-refractivity contribution >= 4 is 18.3 Å². The van der Waals surface area contributed by atoms with Crippen molar-refractivity contribution in [2.45, 2.75) is 32.4 Å². The molecular weight excluding hydrogens is 304 g/mol. The molecule has 0 radical (unpaired) electrons. The molecule has 2 rings (SSSR count). The van der Waals surface area contributed by atoms with Gasteiger partial charge in [-0.15, -0.1) is 12.4 Å². The van der Waals surface area contributed by atoms with Crippen molar-refractivity contribution < 1.29 is 14.3 Å². The van der Waals surface area contributed by atoms with Crippen molar-refractivity contribution in [1.29, 1.82) is 0 Å². The first-order valence-corrected chi connectivity index (χ1v) is 7.38. The molecule has 1 amide bonds. The van der Waals surface area contributed by atoms with Crippen LogP contribution in [0.2, 0.25) is 0 Å². The van der Waals surface area contributed by atoms with Crippen LogP contribution in [0.25, 0.3) is 0 Å². The Morgan fingerprint density at radius 1 is 1.36 bits per heavy atom. The molecule has 1 aromatic carbocycles. The number of ether oxygens (including phenoxy) is 2. The summed E-state index contributed by atoms with van der Waals surface area (Å²) >= 11 is 0. The standard InChI is InChI=1S/C16H24N2O3.ClH/c1-11(2)12(17)8-9-18(3)16(19)15-10-20-13-6-4-5-7-14(13)21-15;/h4-7,11-12,15H,8-10,17H2,1-3H3;1H. The minimum absolute atomic E-state index is 0. The molecule has 1 aliphatic heterocycles. The van der Waals surface area contributed by atoms with Crippen LogP contribution in [0.5, 0.6) is 11.5 Å². The van der Waals surface area contributed by atoms with Crippen LogP contribution in [0.4, 0.5) is 0 Å². The molecule has 2 unspecified atom stereocenters. The monoisotopic (exact) mass is 328 g/mol. The van der Waals surface area contributed by atoms with E-state index in [1.54, 1.807) is 11.9 Å². The molecule has 0 saturated heterocycles. The normalized spacial score (nSPS) is 17.6. The van der Waals surface area contributed by atoms with Gasteiger partial charge < -0.3 is 20.1 Å². The molecule has 1 heterocycles. The Kier molecular flexibility index (Phi) is 6.97. The maximum absolute atomic E-state index is 12.4. The highest BCUT2D eigenvalue weighted by Crippen LogP contribution is 2.31. The van der Waals surface area contributed by atoms with Gasteiger partial charge in [0.25, 0.3) is 5.91 Å². The van der Waals surface area contributed by atoms with E-state index in [-0.39, 0.29) is 31.0 Å². The fourth-order valence-corrected chi connectivity index (χ4v) is 2.17. The molecule has 0 bridgehead atoms. The van der Waals surface area contributed by atoms with Crippen LogP contribution < -0.4 is 15.2 Å². The lowest BCUT2D eigenvalue weighted by Gasteiger charge is -2.29. The molecule has 0 saturated carbocycles. The molecule has 0 aliphatic carbocycles. The first-order chi connectivity index (χ1) is 9.99. The van der Waals surface area contributed by atoms with Gasteiger partial charge in [0, 0.05) is 19.6 Å². The van der Waals surface area contributed by atoms with E-state index >= 15 is 0 Å². The van der Waals surface area contributed by atoms with E-state index in [0.29, 0.717) is 24.0 Å². The minimum atomic E-state index is -0.583. The number of likely N-dealkylation sites (N-methyl/N-ethyl adjacent to an activating group) is 1. The fourth-order valence-electron chi connectivity index (χ4n) is 2.17. The van der Waals surface area contributed by atoms with Crippen molar-refractivity contribution in [2.75, 3.05) is 20.2 Å². The molecular formula is C16H25ClN2O3. The molecule has 0 fully saturated rings. The van der Waals surface area contributed by atoms with Gasteiger partial charge in [-0.25, -0.2) is 0 Å². The lowest BCUT2D eigenvalue weighted by atomic mass is 10.0. The van der Waals surface area contributed by atoms with E-state index in [2.05, 4.69) is 13.8 Å². The van der Waals surface area contributed by atoms with E-state index in [0.717, 1.165) is 6.42 Å². The quantitative estimate of drug-likeness (QED) is 0.898. The summed E-state index contributed by atoms with van der Waals surface area (Å²) in [6.45, 7) is 5.04. The maximum atomic E-state index is 12.4. The molecule has 1 aromatic rings. The smallest absolute Gasteiger partial charge is 0.267 e. The summed E-state index contributed by atoms with van der Waals surface area (Å²) in [6, 6.07) is 7.49. The number of nitrogens with two attached hydrogens (primary N) is 1. The van der Waals surface area contributed by atoms with Gasteiger partial charge in [-0.05, 0) is 24.5 Å². The summed E-state index contributed by atoms with van der Waals surface area (Å²) in [7, 11) is 1.78. The lowest BCUT2D eigenvalue weighted by Crippen LogP contribution is -2.46. The van der Waals surface area contributed by atoms with Gasteiger partial charge in [-0.3, -0.25) is 4.79 Å². The second kappa shape index (κ2) is 8.25. The topological polar surface area (TPSA) is 64.8 Å². The van der Waals surface area contributed by atoms with Crippen molar-refractivity contribution in [3.05, 3.63) is 24.3 Å². The molecule has 0 spiro atoms. The van der Waals surface area contributed by atoms with E-state index < -0.39 is 6.10 Å². The van der Waals surface area contributed by atoms with Crippen molar-refractivity contribution in [3.8, 4) is 11.5 Å². The summed E-state index contributed by atoms with van der Waals surface area (Å²) in [5.41, 5.74) is 6.01. The zero-order chi connectivity index (χ0) is 15.4. The number of carbonyl (C=O) groups is 1. The first-order valence-electron chi connectivity index (χ1n) is 7.38. The van der Waals surface area contributed by atoms with E-state index in [1.807, 2.05) is 24.3 Å². The lowest BCUT2D eigenvalue weighted by molar-refractivity contribution is -0.139. The number of halogens is 1. The molecule has 124 valence electrons. The number of hydrogen-bond donors (Lipinski definition) is 1. The second-order valence-corrected chi connectivity index (χ2v) is 5.82. The number of fused-ring (bicyclic) bond motifs is 1. The Hall–Kier alpha value is -1.46. The zero-order valence-electron chi connectivity index (χ0n) is 13.3. The van der Waals surface area contributed by atoms with Crippen LogP contribution in [0.1, 0.15) is 20.3 Å². The van der Waals surface area contributed by atoms with Crippen LogP contribution in [-0.2, 0) is 4.79 Å². The van der Waals surface area contributed by atoms with Gasteiger partial charge in [0.1, 0.15) is 6.61 Å². The van der Waals surface area contributed by atoms with Crippen molar-refractivity contribution in [1.82, 2.24) is 4.90 Å². The molecule has 5 nitrogen and oxygen atoms in total. The average molecular weight is 329 g/mol. The molecule has 0 aromatic heterocycles. The summed E-state index contributed by atoms with van der Waals surface area (Å²) in [5, 5.41) is 0. The second-order valence-electron chi connectivity index (χ2n) is 5.82. The molecule has 22 heavy (non-hydrogen) atoms. The van der Waals surface area contributed by atoms with Crippen molar-refractivity contribution in [2.24, 2.45) is 11.7 Å². The predicted molar refractivity (Wildman–Crippen MR) is 88.7 cm³/mol. The van der Waals surface area contributed by atoms with Crippen LogP contribution in [0, 0.1) is 5.92 Å². The highest BCUT2D eigenvalue weighted by molar-refractivity contribution is 5.85. The molecule has 1 aliphatic rings. The number of para-hydroxylation sites is 2. The third-order valence-electron chi connectivity index (χ3n) is 3.81. The number of carbonyl (C=O) groups excluding carboxylic acids is 1. The van der Waals surface area contributed by atoms with E-state index in [4.69, 9.17) is 15.2 Å². The molecule has 6 heteroatoms. The minimum Gasteiger partial charge on any atom is -0.485 e. The predicted octanol–water partition coefficient (Wildman–Crippen LogP) is 2.08. The summed E-state index contributed by atoms with van der Waals surface area (Å²) < 4.78 is 11.3. The molecule has 2 atom stereocenters. The van der Waals surface area contributed by atoms with Gasteiger partial charge in [0.15, 0.2) is 11.5 Å². The Balaban J connectivity index is 0.00000242. The third-order valence-corrected chi connectivity index (χ3v) is 3.81. The number of amides is 1. The molecule has 2 N–H and O–H groups in total. The number of nitrogens with zero attached hydrogens (tertiary/aromatic N) is 1. The Morgan fingerprint density at radius 3 is 2.64 bits per heavy atom. The van der Waals surface area contributed by atoms with E-state index in [9.17, 15) is 4.79 Å². The number of hydrogen-bond acceptors (Lipinski definition) is 4. The zero-order valence-corrected chi connectivity index (χ0v) is 14.1. The van der Waals surface area contributed by atoms with Crippen molar-refractivity contribution in [3.63, 3.8) is 0 Å². The van der Waals surface area contributed by atoms with Gasteiger partial charge in [0.2, 0.25) is 6.10 Å². The summed E-state index contributed by atoms with van der Waals surface area (Å²) in [4.78, 5) is 14.0. The summed E-state index contributed by atoms with van der Waals surface area (Å²) in [6.07, 6.45) is 0.199. The highest BCUT2D eigenvalue weighted by Gasteiger charge is 2.29. The van der Waals surface area contributed by atoms with Crippen LogP contribution >= 0.6 is 12.4 Å². The van der Waals surface area contributed by atoms with Gasteiger partial charge in [-0.2, -0.15) is 0 Å². The van der Waals surface area contributed by atoms with Crippen LogP contribution in [0.3, 0.4) is 0 Å². The Labute approximate surface area is 138 Å². The first kappa shape index (κ1) is 18.6. The Morgan fingerprint density at radius 2 is 2.00 bits per heavy atom. The van der Waals surface area contributed by atoms with Gasteiger partial charge >= 0.3 is 0 Å². The number of benzene rings is 1. The SMILES string of the molecule is CC(C)C(N)CCN(C)C(=O)C1COc2ccccc2O1.Cl. The summed E-state index contributed by atoms with van der Waals surface area (Å²) in [5.74, 6) is 1.65. The van der Waals surface area contributed by atoms with Gasteiger partial charge in [-0.1, -0.05) is 26.0 Å². The maximum Gasteiger partial charge on any atom is 0.267 e. The van der Waals surface area contributed by atoms with Crippen LogP contribution in [-0.4, -0.2) is 43.2 Å². The fraction of sp³-hybridized carbons (Fsp3) is 0.562. The largest absolute Gasteiger partial charge is 0.485 e. The van der Waals surface area contributed by atoms with E-state index in [1.165, 1.54) is 0 Å². The third kappa shape index (κ3) is 4.52. The van der Waals surface area contributed by atoms with Gasteiger partial charge in [0.05, 0.1) is 0 Å². The highest BCUT2D eigenvalue weighted by atomic mass is 35.5. The average Bonchev–Trinajstić information content (AvgIpc) is 2.50. The number of rotatable bonds is 5. The Bertz CT molecular complexity index is 496. The van der Waals surface area contributed by atoms with Crippen LogP contribution in [0.15, 0.2) is 24.3 Å².